The minimum atomic E-state index is -3.80. The Morgan fingerprint density at radius 3 is 2.75 bits per heavy atom. The molecule has 4 aromatic rings. The van der Waals surface area contributed by atoms with Crippen molar-refractivity contribution in [3.8, 4) is 5.75 Å². The molecular formula is C19H15N5O3S. The van der Waals surface area contributed by atoms with Crippen molar-refractivity contribution in [2.45, 2.75) is 9.92 Å². The molecule has 0 bridgehead atoms. The summed E-state index contributed by atoms with van der Waals surface area (Å²) in [6.45, 7) is 0.428. The number of H-pyrrole nitrogens is 1. The summed E-state index contributed by atoms with van der Waals surface area (Å²) in [6.07, 6.45) is 0. The van der Waals surface area contributed by atoms with Gasteiger partial charge in [0.1, 0.15) is 5.75 Å². The van der Waals surface area contributed by atoms with Crippen LogP contribution in [0.2, 0.25) is 0 Å². The van der Waals surface area contributed by atoms with Crippen LogP contribution in [0.25, 0.3) is 32.1 Å². The Kier molecular flexibility index (Phi) is 4.60. The molecule has 0 aliphatic heterocycles. The molecular weight excluding hydrogens is 378 g/mol. The second kappa shape index (κ2) is 7.22. The zero-order valence-corrected chi connectivity index (χ0v) is 15.4. The average Bonchev–Trinajstić information content (AvgIpc) is 3.15. The van der Waals surface area contributed by atoms with E-state index in [0.29, 0.717) is 22.0 Å². The first kappa shape index (κ1) is 17.8. The number of nitrogens with one attached hydrogen (secondary N) is 1. The molecule has 4 rings (SSSR count). The quantitative estimate of drug-likeness (QED) is 0.228. The van der Waals surface area contributed by atoms with E-state index in [-0.39, 0.29) is 23.1 Å². The van der Waals surface area contributed by atoms with Crippen molar-refractivity contribution in [1.29, 1.82) is 0 Å². The van der Waals surface area contributed by atoms with Crippen LogP contribution < -0.4 is 4.74 Å². The van der Waals surface area contributed by atoms with E-state index in [1.807, 2.05) is 24.3 Å². The smallest absolute Gasteiger partial charge is 0.224 e. The summed E-state index contributed by atoms with van der Waals surface area (Å²) in [4.78, 5) is 2.89. The number of nitrogens with zero attached hydrogens (tertiary/aromatic N) is 4. The highest BCUT2D eigenvalue weighted by molar-refractivity contribution is 7.91. The Morgan fingerprint density at radius 1 is 1.07 bits per heavy atom. The summed E-state index contributed by atoms with van der Waals surface area (Å²) in [5.41, 5.74) is 8.75. The highest BCUT2D eigenvalue weighted by atomic mass is 32.2. The summed E-state index contributed by atoms with van der Waals surface area (Å²) in [7, 11) is -3.80. The molecule has 0 saturated carbocycles. The first-order valence-electron chi connectivity index (χ1n) is 8.46. The third kappa shape index (κ3) is 3.13. The third-order valence-electron chi connectivity index (χ3n) is 4.32. The molecule has 0 aliphatic rings. The highest BCUT2D eigenvalue weighted by Gasteiger charge is 2.25. The number of hydrogen-bond donors (Lipinski definition) is 1. The van der Waals surface area contributed by atoms with Gasteiger partial charge in [0, 0.05) is 21.8 Å². The summed E-state index contributed by atoms with van der Waals surface area (Å²) in [5.74, 6) is 0.515. The lowest BCUT2D eigenvalue weighted by atomic mass is 10.1. The molecule has 1 N–H and O–H groups in total. The number of hydrogen-bond acceptors (Lipinski definition) is 5. The maximum atomic E-state index is 13.3. The number of rotatable bonds is 6. The molecule has 0 spiro atoms. The van der Waals surface area contributed by atoms with E-state index in [9.17, 15) is 8.42 Å². The lowest BCUT2D eigenvalue weighted by Crippen LogP contribution is -2.04. The van der Waals surface area contributed by atoms with Gasteiger partial charge in [-0.3, -0.25) is 5.10 Å². The third-order valence-corrected chi connectivity index (χ3v) is 6.11. The molecule has 0 unspecified atom stereocenters. The molecule has 8 nitrogen and oxygen atoms in total. The van der Waals surface area contributed by atoms with E-state index in [1.54, 1.807) is 36.4 Å². The molecule has 0 saturated heterocycles. The molecule has 0 fully saturated rings. The van der Waals surface area contributed by atoms with Crippen molar-refractivity contribution in [2.24, 2.45) is 5.11 Å². The summed E-state index contributed by atoms with van der Waals surface area (Å²) >= 11 is 0. The zero-order chi connectivity index (χ0) is 19.6. The first-order chi connectivity index (χ1) is 13.6. The van der Waals surface area contributed by atoms with Gasteiger partial charge in [0.15, 0.2) is 5.03 Å². The van der Waals surface area contributed by atoms with E-state index in [0.717, 1.165) is 5.39 Å². The van der Waals surface area contributed by atoms with Gasteiger partial charge in [-0.05, 0) is 29.1 Å². The Bertz CT molecular complexity index is 1320. The first-order valence-corrected chi connectivity index (χ1v) is 9.94. The van der Waals surface area contributed by atoms with Crippen molar-refractivity contribution in [3.05, 3.63) is 71.1 Å². The van der Waals surface area contributed by atoms with Crippen LogP contribution in [-0.4, -0.2) is 31.8 Å². The average molecular weight is 393 g/mol. The molecule has 0 radical (unpaired) electrons. The van der Waals surface area contributed by atoms with Crippen LogP contribution in [0.15, 0.2) is 75.7 Å². The van der Waals surface area contributed by atoms with Crippen LogP contribution in [0.4, 0.5) is 0 Å². The van der Waals surface area contributed by atoms with Gasteiger partial charge < -0.3 is 4.74 Å². The lowest BCUT2D eigenvalue weighted by molar-refractivity contribution is 0.328. The molecule has 1 aromatic heterocycles. The van der Waals surface area contributed by atoms with Crippen LogP contribution in [0.1, 0.15) is 0 Å². The molecule has 28 heavy (non-hydrogen) atoms. The fourth-order valence-electron chi connectivity index (χ4n) is 3.05. The van der Waals surface area contributed by atoms with Gasteiger partial charge in [-0.2, -0.15) is 5.10 Å². The predicted octanol–water partition coefficient (Wildman–Crippen LogP) is 4.24. The van der Waals surface area contributed by atoms with E-state index in [4.69, 9.17) is 10.3 Å². The van der Waals surface area contributed by atoms with Crippen LogP contribution in [-0.2, 0) is 9.84 Å². The number of aromatic amines is 1. The zero-order valence-electron chi connectivity index (χ0n) is 14.6. The second-order valence-corrected chi connectivity index (χ2v) is 7.87. The van der Waals surface area contributed by atoms with Gasteiger partial charge in [-0.1, -0.05) is 41.5 Å². The maximum absolute atomic E-state index is 13.3. The monoisotopic (exact) mass is 393 g/mol. The minimum absolute atomic E-state index is 0.0412. The fourth-order valence-corrected chi connectivity index (χ4v) is 4.63. The summed E-state index contributed by atoms with van der Waals surface area (Å²) < 4.78 is 32.1. The topological polar surface area (TPSA) is 121 Å². The standard InChI is InChI=1S/C19H15N5O3S/c20-24-21-10-11-27-14-8-9-16-17(12-14)22-23-19(16)28(25,26)18-7-3-5-13-4-1-2-6-15(13)18/h1-9,12H,10-11H2,(H,22,23). The highest BCUT2D eigenvalue weighted by Crippen LogP contribution is 2.32. The number of aromatic nitrogens is 2. The van der Waals surface area contributed by atoms with Crippen molar-refractivity contribution in [3.63, 3.8) is 0 Å². The Morgan fingerprint density at radius 2 is 1.89 bits per heavy atom. The summed E-state index contributed by atoms with van der Waals surface area (Å²) in [5, 5.41) is 12.2. The number of benzene rings is 3. The van der Waals surface area contributed by atoms with E-state index in [2.05, 4.69) is 20.2 Å². The molecule has 1 heterocycles. The normalized spacial score (nSPS) is 11.4. The van der Waals surface area contributed by atoms with Crippen LogP contribution in [0.3, 0.4) is 0 Å². The van der Waals surface area contributed by atoms with Gasteiger partial charge in [0.2, 0.25) is 9.84 Å². The Hall–Kier alpha value is -3.55. The van der Waals surface area contributed by atoms with Crippen LogP contribution >= 0.6 is 0 Å². The molecule has 140 valence electrons. The SMILES string of the molecule is [N-]=[N+]=NCCOc1ccc2c(S(=O)(=O)c3cccc4ccccc34)[nH]nc2c1. The van der Waals surface area contributed by atoms with Gasteiger partial charge in [0.25, 0.3) is 0 Å². The number of sulfone groups is 1. The van der Waals surface area contributed by atoms with Gasteiger partial charge >= 0.3 is 0 Å². The summed E-state index contributed by atoms with van der Waals surface area (Å²) in [6, 6.07) is 17.5. The molecule has 3 aromatic carbocycles. The number of azide groups is 1. The van der Waals surface area contributed by atoms with Crippen molar-refractivity contribution < 1.29 is 13.2 Å². The van der Waals surface area contributed by atoms with Crippen molar-refractivity contribution >= 4 is 31.5 Å². The largest absolute Gasteiger partial charge is 0.493 e. The Labute approximate surface area is 160 Å². The van der Waals surface area contributed by atoms with E-state index >= 15 is 0 Å². The van der Waals surface area contributed by atoms with Crippen LogP contribution in [0, 0.1) is 0 Å². The van der Waals surface area contributed by atoms with Gasteiger partial charge in [0.05, 0.1) is 23.6 Å². The fraction of sp³-hybridized carbons (Fsp3) is 0.105. The van der Waals surface area contributed by atoms with Gasteiger partial charge in [-0.25, -0.2) is 8.42 Å². The maximum Gasteiger partial charge on any atom is 0.224 e. The van der Waals surface area contributed by atoms with E-state index in [1.165, 1.54) is 0 Å². The number of ether oxygens (including phenoxy) is 1. The van der Waals surface area contributed by atoms with Crippen molar-refractivity contribution in [2.75, 3.05) is 13.2 Å². The molecule has 0 aliphatic carbocycles. The number of fused-ring (bicyclic) bond motifs is 2. The molecule has 9 heteroatoms. The molecule has 0 atom stereocenters. The minimum Gasteiger partial charge on any atom is -0.493 e. The molecule has 0 amide bonds. The lowest BCUT2D eigenvalue weighted by Gasteiger charge is -2.07. The van der Waals surface area contributed by atoms with Crippen LogP contribution in [0.5, 0.6) is 5.75 Å². The second-order valence-electron chi connectivity index (χ2n) is 6.02. The van der Waals surface area contributed by atoms with E-state index < -0.39 is 9.84 Å². The van der Waals surface area contributed by atoms with Crippen molar-refractivity contribution in [1.82, 2.24) is 10.2 Å². The Balaban J connectivity index is 1.75. The predicted molar refractivity (Wildman–Crippen MR) is 105 cm³/mol. The van der Waals surface area contributed by atoms with Gasteiger partial charge in [-0.15, -0.1) is 0 Å².